The number of benzene rings is 1. The van der Waals surface area contributed by atoms with Gasteiger partial charge in [-0.2, -0.15) is 0 Å². The van der Waals surface area contributed by atoms with E-state index >= 15 is 0 Å². The van der Waals surface area contributed by atoms with Crippen LogP contribution in [0.25, 0.3) is 11.0 Å². The first-order valence-electron chi connectivity index (χ1n) is 8.86. The zero-order chi connectivity index (χ0) is 18.7. The molecule has 2 N–H and O–H groups in total. The summed E-state index contributed by atoms with van der Waals surface area (Å²) in [5.41, 5.74) is 2.40. The quantitative estimate of drug-likeness (QED) is 0.854. The van der Waals surface area contributed by atoms with E-state index < -0.39 is 5.82 Å². The number of carbonyl (C=O) groups is 1. The summed E-state index contributed by atoms with van der Waals surface area (Å²) in [7, 11) is 1.67. The first-order valence-corrected chi connectivity index (χ1v) is 8.86. The van der Waals surface area contributed by atoms with Crippen LogP contribution in [0.3, 0.4) is 0 Å². The molecular formula is C19H25FN4O2. The van der Waals surface area contributed by atoms with Gasteiger partial charge in [-0.1, -0.05) is 0 Å². The number of hydrogen-bond acceptors (Lipinski definition) is 5. The summed E-state index contributed by atoms with van der Waals surface area (Å²) >= 11 is 0. The van der Waals surface area contributed by atoms with Crippen molar-refractivity contribution in [3.8, 4) is 0 Å². The number of fused-ring (bicyclic) bond motifs is 1. The molecule has 0 radical (unpaired) electrons. The van der Waals surface area contributed by atoms with E-state index in [0.717, 1.165) is 37.3 Å². The van der Waals surface area contributed by atoms with E-state index in [-0.39, 0.29) is 16.9 Å². The second kappa shape index (κ2) is 7.63. The van der Waals surface area contributed by atoms with E-state index in [9.17, 15) is 9.18 Å². The summed E-state index contributed by atoms with van der Waals surface area (Å²) in [5, 5.41) is 6.29. The highest BCUT2D eigenvalue weighted by Crippen LogP contribution is 2.28. The zero-order valence-corrected chi connectivity index (χ0v) is 15.5. The number of ether oxygens (including phenoxy) is 1. The van der Waals surface area contributed by atoms with Gasteiger partial charge in [0.2, 0.25) is 0 Å². The number of carbonyl (C=O) groups excluding carboxylic acids is 1. The average Bonchev–Trinajstić information content (AvgIpc) is 2.62. The Balaban J connectivity index is 1.86. The Hall–Kier alpha value is -2.12. The van der Waals surface area contributed by atoms with Crippen molar-refractivity contribution in [1.29, 1.82) is 0 Å². The molecule has 0 bridgehead atoms. The van der Waals surface area contributed by atoms with E-state index in [1.165, 1.54) is 12.1 Å². The summed E-state index contributed by atoms with van der Waals surface area (Å²) < 4.78 is 19.4. The second-order valence-electron chi connectivity index (χ2n) is 7.08. The van der Waals surface area contributed by atoms with Gasteiger partial charge in [0.05, 0.1) is 29.1 Å². The number of amides is 1. The first kappa shape index (κ1) is 18.7. The van der Waals surface area contributed by atoms with Crippen molar-refractivity contribution in [2.45, 2.75) is 26.7 Å². The summed E-state index contributed by atoms with van der Waals surface area (Å²) in [6.07, 6.45) is 1.84. The fourth-order valence-electron chi connectivity index (χ4n) is 3.47. The van der Waals surface area contributed by atoms with Gasteiger partial charge in [-0.05, 0) is 45.8 Å². The summed E-state index contributed by atoms with van der Waals surface area (Å²) in [4.78, 5) is 21.6. The van der Waals surface area contributed by atoms with Crippen LogP contribution in [0.4, 0.5) is 4.39 Å². The summed E-state index contributed by atoms with van der Waals surface area (Å²) in [6.45, 7) is 6.50. The Kier molecular flexibility index (Phi) is 5.48. The average molecular weight is 360 g/mol. The molecule has 6 nitrogen and oxygen atoms in total. The fraction of sp³-hybridized carbons (Fsp3) is 0.526. The Labute approximate surface area is 152 Å². The molecule has 1 saturated heterocycles. The predicted molar refractivity (Wildman–Crippen MR) is 97.7 cm³/mol. The van der Waals surface area contributed by atoms with Crippen LogP contribution in [-0.2, 0) is 4.74 Å². The number of halogens is 1. The Morgan fingerprint density at radius 1 is 1.27 bits per heavy atom. The molecule has 1 fully saturated rings. The molecule has 1 aliphatic heterocycles. The van der Waals surface area contributed by atoms with E-state index in [2.05, 4.69) is 20.6 Å². The predicted octanol–water partition coefficient (Wildman–Crippen LogP) is 2.13. The maximum absolute atomic E-state index is 14.0. The number of aromatic nitrogens is 2. The molecule has 2 heterocycles. The standard InChI is InChI=1S/C19H25FN4O2/c1-12-13(2)24-17-15(8-14(20)9-16(17)23-12)18(25)22-10-19(11-26-3)4-6-21-7-5-19/h8-9,21H,4-7,10-11H2,1-3H3,(H,22,25). The minimum Gasteiger partial charge on any atom is -0.384 e. The van der Waals surface area contributed by atoms with E-state index in [1.807, 2.05) is 13.8 Å². The Morgan fingerprint density at radius 2 is 1.96 bits per heavy atom. The molecule has 0 spiro atoms. The number of nitrogens with zero attached hydrogens (tertiary/aromatic N) is 2. The highest BCUT2D eigenvalue weighted by Gasteiger charge is 2.32. The molecule has 1 aliphatic rings. The third-order valence-electron chi connectivity index (χ3n) is 5.13. The normalized spacial score (nSPS) is 16.6. The maximum Gasteiger partial charge on any atom is 0.253 e. The van der Waals surface area contributed by atoms with E-state index in [4.69, 9.17) is 4.74 Å². The highest BCUT2D eigenvalue weighted by atomic mass is 19.1. The van der Waals surface area contributed by atoms with Gasteiger partial charge in [0.15, 0.2) is 0 Å². The molecule has 140 valence electrons. The largest absolute Gasteiger partial charge is 0.384 e. The molecule has 0 saturated carbocycles. The Morgan fingerprint density at radius 3 is 2.65 bits per heavy atom. The van der Waals surface area contributed by atoms with Crippen LogP contribution in [0.2, 0.25) is 0 Å². The van der Waals surface area contributed by atoms with Crippen molar-refractivity contribution in [2.75, 3.05) is 33.4 Å². The monoisotopic (exact) mass is 360 g/mol. The number of rotatable bonds is 5. The van der Waals surface area contributed by atoms with Crippen LogP contribution in [0.1, 0.15) is 34.6 Å². The lowest BCUT2D eigenvalue weighted by atomic mass is 9.79. The van der Waals surface area contributed by atoms with Crippen molar-refractivity contribution < 1.29 is 13.9 Å². The van der Waals surface area contributed by atoms with Crippen LogP contribution in [-0.4, -0.2) is 49.2 Å². The van der Waals surface area contributed by atoms with Gasteiger partial charge < -0.3 is 15.4 Å². The Bertz CT molecular complexity index is 813. The van der Waals surface area contributed by atoms with Crippen LogP contribution in [0.5, 0.6) is 0 Å². The number of piperidine rings is 1. The van der Waals surface area contributed by atoms with E-state index in [0.29, 0.717) is 24.2 Å². The van der Waals surface area contributed by atoms with Gasteiger partial charge in [0.1, 0.15) is 11.3 Å². The fourth-order valence-corrected chi connectivity index (χ4v) is 3.47. The maximum atomic E-state index is 14.0. The van der Waals surface area contributed by atoms with Crippen LogP contribution < -0.4 is 10.6 Å². The van der Waals surface area contributed by atoms with Crippen LogP contribution in [0.15, 0.2) is 12.1 Å². The van der Waals surface area contributed by atoms with Gasteiger partial charge in [-0.25, -0.2) is 14.4 Å². The van der Waals surface area contributed by atoms with Crippen molar-refractivity contribution in [3.05, 3.63) is 34.9 Å². The molecule has 7 heteroatoms. The number of nitrogens with one attached hydrogen (secondary N) is 2. The molecule has 0 unspecified atom stereocenters. The van der Waals surface area contributed by atoms with Crippen LogP contribution >= 0.6 is 0 Å². The molecule has 26 heavy (non-hydrogen) atoms. The molecule has 1 aromatic carbocycles. The highest BCUT2D eigenvalue weighted by molar-refractivity contribution is 6.04. The smallest absolute Gasteiger partial charge is 0.253 e. The van der Waals surface area contributed by atoms with Gasteiger partial charge >= 0.3 is 0 Å². The first-order chi connectivity index (χ1) is 12.4. The van der Waals surface area contributed by atoms with Gasteiger partial charge in [-0.3, -0.25) is 4.79 Å². The molecule has 2 aromatic rings. The number of methoxy groups -OCH3 is 1. The van der Waals surface area contributed by atoms with Crippen LogP contribution in [0, 0.1) is 25.1 Å². The summed E-state index contributed by atoms with van der Waals surface area (Å²) in [5.74, 6) is -0.824. The zero-order valence-electron chi connectivity index (χ0n) is 15.5. The van der Waals surface area contributed by atoms with E-state index in [1.54, 1.807) is 7.11 Å². The molecular weight excluding hydrogens is 335 g/mol. The van der Waals surface area contributed by atoms with Gasteiger partial charge in [0.25, 0.3) is 5.91 Å². The van der Waals surface area contributed by atoms with Crippen molar-refractivity contribution >= 4 is 16.9 Å². The third-order valence-corrected chi connectivity index (χ3v) is 5.13. The summed E-state index contributed by atoms with van der Waals surface area (Å²) in [6, 6.07) is 2.54. The lowest BCUT2D eigenvalue weighted by Gasteiger charge is -2.37. The van der Waals surface area contributed by atoms with Gasteiger partial charge in [0, 0.05) is 25.1 Å². The minimum absolute atomic E-state index is 0.100. The lowest BCUT2D eigenvalue weighted by molar-refractivity contribution is 0.0512. The lowest BCUT2D eigenvalue weighted by Crippen LogP contribution is -2.47. The van der Waals surface area contributed by atoms with Crippen molar-refractivity contribution in [2.24, 2.45) is 5.41 Å². The van der Waals surface area contributed by atoms with Crippen molar-refractivity contribution in [1.82, 2.24) is 20.6 Å². The van der Waals surface area contributed by atoms with Gasteiger partial charge in [-0.15, -0.1) is 0 Å². The van der Waals surface area contributed by atoms with Crippen molar-refractivity contribution in [3.63, 3.8) is 0 Å². The second-order valence-corrected chi connectivity index (χ2v) is 7.08. The molecule has 0 aliphatic carbocycles. The number of aryl methyl sites for hydroxylation is 2. The topological polar surface area (TPSA) is 76.1 Å². The molecule has 0 atom stereocenters. The number of hydrogen-bond donors (Lipinski definition) is 2. The molecule has 1 aromatic heterocycles. The molecule has 1 amide bonds. The SMILES string of the molecule is COCC1(CNC(=O)c2cc(F)cc3nc(C)c(C)nc23)CCNCC1. The third kappa shape index (κ3) is 3.83. The molecule has 3 rings (SSSR count). The minimum atomic E-state index is -0.492.